The van der Waals surface area contributed by atoms with Gasteiger partial charge in [0.15, 0.2) is 0 Å². The molecule has 0 spiro atoms. The first-order chi connectivity index (χ1) is 11.1. The van der Waals surface area contributed by atoms with Crippen molar-refractivity contribution in [1.29, 1.82) is 0 Å². The fourth-order valence-corrected chi connectivity index (χ4v) is 3.35. The quantitative estimate of drug-likeness (QED) is 0.695. The number of phenols is 1. The zero-order valence-corrected chi connectivity index (χ0v) is 14.1. The number of aromatic hydroxyl groups is 1. The van der Waals surface area contributed by atoms with Crippen LogP contribution >= 0.6 is 11.6 Å². The molecule has 4 heteroatoms. The molecule has 0 fully saturated rings. The lowest BCUT2D eigenvalue weighted by Crippen LogP contribution is -2.29. The molecular formula is C19H21ClN2O. The standard InChI is InChI=1S/C19H21ClN2O/c1-3-22(4-2)19(13-5-8-15(23)9-6-13)17-12-21-18-11-14(20)7-10-16(17)18/h5-12,19,21,23H,3-4H2,1-2H3. The van der Waals surface area contributed by atoms with Gasteiger partial charge >= 0.3 is 0 Å². The van der Waals surface area contributed by atoms with Crippen molar-refractivity contribution in [3.05, 3.63) is 64.8 Å². The summed E-state index contributed by atoms with van der Waals surface area (Å²) in [5.74, 6) is 0.290. The van der Waals surface area contributed by atoms with Gasteiger partial charge in [0.05, 0.1) is 6.04 Å². The second kappa shape index (κ2) is 6.65. The monoisotopic (exact) mass is 328 g/mol. The molecule has 23 heavy (non-hydrogen) atoms. The van der Waals surface area contributed by atoms with Crippen molar-refractivity contribution >= 4 is 22.5 Å². The second-order valence-electron chi connectivity index (χ2n) is 5.65. The summed E-state index contributed by atoms with van der Waals surface area (Å²) in [6.45, 7) is 6.23. The fraction of sp³-hybridized carbons (Fsp3) is 0.263. The lowest BCUT2D eigenvalue weighted by atomic mass is 9.96. The number of halogens is 1. The van der Waals surface area contributed by atoms with Gasteiger partial charge in [0, 0.05) is 22.1 Å². The number of phenolic OH excluding ortho intramolecular Hbond substituents is 1. The second-order valence-corrected chi connectivity index (χ2v) is 6.09. The van der Waals surface area contributed by atoms with Crippen LogP contribution in [0.5, 0.6) is 5.75 Å². The van der Waals surface area contributed by atoms with Gasteiger partial charge < -0.3 is 10.1 Å². The summed E-state index contributed by atoms with van der Waals surface area (Å²) in [6, 6.07) is 13.6. The van der Waals surface area contributed by atoms with Crippen LogP contribution in [0.4, 0.5) is 0 Å². The number of nitrogens with zero attached hydrogens (tertiary/aromatic N) is 1. The van der Waals surface area contributed by atoms with Gasteiger partial charge in [-0.15, -0.1) is 0 Å². The van der Waals surface area contributed by atoms with Crippen LogP contribution in [0.15, 0.2) is 48.7 Å². The Balaban J connectivity index is 2.15. The molecule has 0 saturated carbocycles. The predicted molar refractivity (Wildman–Crippen MR) is 96.2 cm³/mol. The van der Waals surface area contributed by atoms with E-state index in [1.807, 2.05) is 24.3 Å². The first kappa shape index (κ1) is 15.9. The van der Waals surface area contributed by atoms with Crippen LogP contribution in [0.2, 0.25) is 5.02 Å². The van der Waals surface area contributed by atoms with E-state index >= 15 is 0 Å². The van der Waals surface area contributed by atoms with E-state index in [-0.39, 0.29) is 11.8 Å². The summed E-state index contributed by atoms with van der Waals surface area (Å²) in [7, 11) is 0. The Morgan fingerprint density at radius 3 is 2.43 bits per heavy atom. The van der Waals surface area contributed by atoms with Gasteiger partial charge in [-0.05, 0) is 48.5 Å². The molecule has 2 N–H and O–H groups in total. The van der Waals surface area contributed by atoms with E-state index in [0.29, 0.717) is 0 Å². The van der Waals surface area contributed by atoms with Crippen LogP contribution in [0, 0.1) is 0 Å². The topological polar surface area (TPSA) is 39.3 Å². The third-order valence-electron chi connectivity index (χ3n) is 4.36. The highest BCUT2D eigenvalue weighted by atomic mass is 35.5. The molecule has 0 bridgehead atoms. The molecule has 1 atom stereocenters. The van der Waals surface area contributed by atoms with Crippen molar-refractivity contribution in [2.45, 2.75) is 19.9 Å². The zero-order valence-electron chi connectivity index (χ0n) is 13.4. The molecule has 1 aromatic heterocycles. The summed E-state index contributed by atoms with van der Waals surface area (Å²) in [6.07, 6.45) is 2.07. The first-order valence-corrected chi connectivity index (χ1v) is 8.31. The highest BCUT2D eigenvalue weighted by molar-refractivity contribution is 6.31. The summed E-state index contributed by atoms with van der Waals surface area (Å²) < 4.78 is 0. The number of hydrogen-bond donors (Lipinski definition) is 2. The van der Waals surface area contributed by atoms with Crippen molar-refractivity contribution in [3.63, 3.8) is 0 Å². The van der Waals surface area contributed by atoms with E-state index < -0.39 is 0 Å². The van der Waals surface area contributed by atoms with E-state index in [1.165, 1.54) is 16.5 Å². The van der Waals surface area contributed by atoms with Crippen LogP contribution in [0.25, 0.3) is 10.9 Å². The molecular weight excluding hydrogens is 308 g/mol. The normalized spacial score (nSPS) is 12.9. The smallest absolute Gasteiger partial charge is 0.115 e. The number of benzene rings is 2. The molecule has 2 aromatic carbocycles. The zero-order chi connectivity index (χ0) is 16.4. The molecule has 1 heterocycles. The number of aromatic amines is 1. The van der Waals surface area contributed by atoms with Crippen LogP contribution in [0.3, 0.4) is 0 Å². The molecule has 3 nitrogen and oxygen atoms in total. The molecule has 120 valence electrons. The Morgan fingerprint density at radius 2 is 1.78 bits per heavy atom. The minimum absolute atomic E-state index is 0.139. The Labute approximate surface area is 141 Å². The molecule has 3 aromatic rings. The minimum atomic E-state index is 0.139. The van der Waals surface area contributed by atoms with E-state index in [4.69, 9.17) is 11.6 Å². The van der Waals surface area contributed by atoms with Crippen LogP contribution < -0.4 is 0 Å². The van der Waals surface area contributed by atoms with Gasteiger partial charge in [0.1, 0.15) is 5.75 Å². The number of H-pyrrole nitrogens is 1. The van der Waals surface area contributed by atoms with Crippen molar-refractivity contribution < 1.29 is 5.11 Å². The summed E-state index contributed by atoms with van der Waals surface area (Å²) in [5, 5.41) is 11.5. The fourth-order valence-electron chi connectivity index (χ4n) is 3.18. The van der Waals surface area contributed by atoms with Gasteiger partial charge in [-0.1, -0.05) is 43.6 Å². The predicted octanol–water partition coefficient (Wildman–Crippen LogP) is 4.96. The molecule has 0 aliphatic heterocycles. The highest BCUT2D eigenvalue weighted by Gasteiger charge is 2.23. The lowest BCUT2D eigenvalue weighted by molar-refractivity contribution is 0.252. The maximum atomic E-state index is 9.59. The van der Waals surface area contributed by atoms with Crippen molar-refractivity contribution in [3.8, 4) is 5.75 Å². The number of hydrogen-bond acceptors (Lipinski definition) is 2. The van der Waals surface area contributed by atoms with E-state index in [9.17, 15) is 5.11 Å². The maximum absolute atomic E-state index is 9.59. The van der Waals surface area contributed by atoms with Gasteiger partial charge in [0.2, 0.25) is 0 Å². The van der Waals surface area contributed by atoms with Gasteiger partial charge in [-0.2, -0.15) is 0 Å². The Kier molecular flexibility index (Phi) is 4.60. The van der Waals surface area contributed by atoms with Crippen LogP contribution in [-0.4, -0.2) is 28.1 Å². The average Bonchev–Trinajstić information content (AvgIpc) is 2.96. The van der Waals surface area contributed by atoms with E-state index in [2.05, 4.69) is 36.0 Å². The first-order valence-electron chi connectivity index (χ1n) is 7.93. The van der Waals surface area contributed by atoms with Crippen LogP contribution in [-0.2, 0) is 0 Å². The molecule has 0 saturated heterocycles. The summed E-state index contributed by atoms with van der Waals surface area (Å²) >= 11 is 6.10. The number of nitrogens with one attached hydrogen (secondary N) is 1. The van der Waals surface area contributed by atoms with E-state index in [0.717, 1.165) is 23.6 Å². The number of fused-ring (bicyclic) bond motifs is 1. The molecule has 0 amide bonds. The summed E-state index contributed by atoms with van der Waals surface area (Å²) in [5.41, 5.74) is 3.44. The van der Waals surface area contributed by atoms with Gasteiger partial charge in [-0.3, -0.25) is 4.90 Å². The Morgan fingerprint density at radius 1 is 1.09 bits per heavy atom. The Bertz CT molecular complexity index is 791. The summed E-state index contributed by atoms with van der Waals surface area (Å²) in [4.78, 5) is 5.74. The third-order valence-corrected chi connectivity index (χ3v) is 4.59. The molecule has 0 radical (unpaired) electrons. The van der Waals surface area contributed by atoms with Gasteiger partial charge in [0.25, 0.3) is 0 Å². The largest absolute Gasteiger partial charge is 0.508 e. The lowest BCUT2D eigenvalue weighted by Gasteiger charge is -2.30. The van der Waals surface area contributed by atoms with E-state index in [1.54, 1.807) is 12.1 Å². The average molecular weight is 329 g/mol. The van der Waals surface area contributed by atoms with Crippen LogP contribution in [0.1, 0.15) is 31.0 Å². The van der Waals surface area contributed by atoms with Crippen molar-refractivity contribution in [2.24, 2.45) is 0 Å². The molecule has 0 aliphatic carbocycles. The van der Waals surface area contributed by atoms with Gasteiger partial charge in [-0.25, -0.2) is 0 Å². The SMILES string of the molecule is CCN(CC)C(c1ccc(O)cc1)c1c[nH]c2cc(Cl)ccc12. The molecule has 0 aliphatic rings. The molecule has 3 rings (SSSR count). The number of rotatable bonds is 5. The molecule has 1 unspecified atom stereocenters. The third kappa shape index (κ3) is 3.07. The minimum Gasteiger partial charge on any atom is -0.508 e. The Hall–Kier alpha value is -1.97. The van der Waals surface area contributed by atoms with Crippen molar-refractivity contribution in [2.75, 3.05) is 13.1 Å². The maximum Gasteiger partial charge on any atom is 0.115 e. The van der Waals surface area contributed by atoms with Crippen molar-refractivity contribution in [1.82, 2.24) is 9.88 Å². The number of aromatic nitrogens is 1. The highest BCUT2D eigenvalue weighted by Crippen LogP contribution is 2.34.